The Bertz CT molecular complexity index is 431. The molecule has 0 bridgehead atoms. The van der Waals surface area contributed by atoms with Gasteiger partial charge in [-0.15, -0.1) is 0 Å². The number of nitrogens with one attached hydrogen (secondary N) is 1. The minimum absolute atomic E-state index is 0.311. The van der Waals surface area contributed by atoms with Crippen LogP contribution in [0.4, 0.5) is 0 Å². The number of benzene rings is 1. The van der Waals surface area contributed by atoms with Crippen LogP contribution in [-0.2, 0) is 10.3 Å². The van der Waals surface area contributed by atoms with Crippen molar-refractivity contribution in [2.75, 3.05) is 0 Å². The molecule has 0 aromatic heterocycles. The summed E-state index contributed by atoms with van der Waals surface area (Å²) in [6.45, 7) is 5.95. The van der Waals surface area contributed by atoms with E-state index in [2.05, 4.69) is 11.4 Å². The number of carbonyl (C=O) groups is 1. The number of rotatable bonds is 4. The molecule has 2 rings (SSSR count). The number of hydrogen-bond donors (Lipinski definition) is 2. The average Bonchev–Trinajstić information content (AvgIpc) is 2.99. The van der Waals surface area contributed by atoms with Crippen molar-refractivity contribution < 1.29 is 4.79 Å². The van der Waals surface area contributed by atoms with E-state index in [4.69, 9.17) is 5.73 Å². The molecule has 0 aliphatic heterocycles. The minimum Gasteiger partial charge on any atom is -0.368 e. The normalized spacial score (nSPS) is 18.8. The lowest BCUT2D eigenvalue weighted by atomic mass is 9.88. The van der Waals surface area contributed by atoms with Gasteiger partial charge in [-0.05, 0) is 39.2 Å². The van der Waals surface area contributed by atoms with Crippen LogP contribution in [0.25, 0.3) is 0 Å². The van der Waals surface area contributed by atoms with Crippen molar-refractivity contribution in [3.05, 3.63) is 34.9 Å². The second-order valence-electron chi connectivity index (χ2n) is 5.28. The monoisotopic (exact) mass is 232 g/mol. The average molecular weight is 232 g/mol. The maximum atomic E-state index is 11.8. The lowest BCUT2D eigenvalue weighted by Gasteiger charge is -2.29. The van der Waals surface area contributed by atoms with E-state index < -0.39 is 5.54 Å². The van der Waals surface area contributed by atoms with E-state index in [9.17, 15) is 4.79 Å². The zero-order chi connectivity index (χ0) is 12.6. The van der Waals surface area contributed by atoms with Gasteiger partial charge in [0.2, 0.25) is 5.91 Å². The van der Waals surface area contributed by atoms with Crippen LogP contribution in [0, 0.1) is 13.8 Å². The molecule has 1 atom stereocenters. The summed E-state index contributed by atoms with van der Waals surface area (Å²) in [5.74, 6) is -0.311. The molecule has 17 heavy (non-hydrogen) atoms. The smallest absolute Gasteiger partial charge is 0.242 e. The van der Waals surface area contributed by atoms with Gasteiger partial charge in [0.25, 0.3) is 0 Å². The highest BCUT2D eigenvalue weighted by atomic mass is 16.1. The van der Waals surface area contributed by atoms with E-state index in [1.165, 1.54) is 0 Å². The Hall–Kier alpha value is -1.35. The predicted octanol–water partition coefficient (Wildman–Crippen LogP) is 1.76. The molecule has 1 amide bonds. The first kappa shape index (κ1) is 12.1. The molecule has 0 heterocycles. The molecular formula is C14H20N2O. The van der Waals surface area contributed by atoms with Crippen LogP contribution in [-0.4, -0.2) is 11.9 Å². The molecule has 92 valence electrons. The van der Waals surface area contributed by atoms with Crippen molar-refractivity contribution in [3.8, 4) is 0 Å². The molecule has 0 saturated heterocycles. The van der Waals surface area contributed by atoms with Crippen LogP contribution in [0.1, 0.15) is 36.5 Å². The quantitative estimate of drug-likeness (QED) is 0.831. The highest BCUT2D eigenvalue weighted by molar-refractivity contribution is 5.86. The van der Waals surface area contributed by atoms with Gasteiger partial charge < -0.3 is 5.73 Å². The van der Waals surface area contributed by atoms with E-state index in [-0.39, 0.29) is 5.91 Å². The van der Waals surface area contributed by atoms with Gasteiger partial charge >= 0.3 is 0 Å². The largest absolute Gasteiger partial charge is 0.368 e. The van der Waals surface area contributed by atoms with Gasteiger partial charge in [0.15, 0.2) is 0 Å². The summed E-state index contributed by atoms with van der Waals surface area (Å²) in [5, 5.41) is 3.36. The molecule has 1 fully saturated rings. The Labute approximate surface area is 102 Å². The maximum Gasteiger partial charge on any atom is 0.242 e. The predicted molar refractivity (Wildman–Crippen MR) is 68.6 cm³/mol. The van der Waals surface area contributed by atoms with Crippen molar-refractivity contribution in [2.45, 2.75) is 45.2 Å². The first-order valence-electron chi connectivity index (χ1n) is 6.08. The van der Waals surface area contributed by atoms with Gasteiger partial charge in [-0.3, -0.25) is 10.1 Å². The Morgan fingerprint density at radius 2 is 1.82 bits per heavy atom. The minimum atomic E-state index is -0.752. The Morgan fingerprint density at radius 1 is 1.29 bits per heavy atom. The van der Waals surface area contributed by atoms with Crippen LogP contribution in [0.2, 0.25) is 0 Å². The van der Waals surface area contributed by atoms with E-state index in [1.807, 2.05) is 32.9 Å². The van der Waals surface area contributed by atoms with Gasteiger partial charge in [0.05, 0.1) is 0 Å². The Balaban J connectivity index is 2.40. The second kappa shape index (κ2) is 4.15. The lowest BCUT2D eigenvalue weighted by Crippen LogP contribution is -2.51. The second-order valence-corrected chi connectivity index (χ2v) is 5.28. The summed E-state index contributed by atoms with van der Waals surface area (Å²) < 4.78 is 0. The van der Waals surface area contributed by atoms with Crippen molar-refractivity contribution in [1.82, 2.24) is 5.32 Å². The molecule has 1 aliphatic carbocycles. The fourth-order valence-electron chi connectivity index (χ4n) is 2.20. The number of carbonyl (C=O) groups excluding carboxylic acids is 1. The van der Waals surface area contributed by atoms with Crippen LogP contribution in [0.3, 0.4) is 0 Å². The topological polar surface area (TPSA) is 55.1 Å². The number of hydrogen-bond acceptors (Lipinski definition) is 2. The van der Waals surface area contributed by atoms with Gasteiger partial charge in [-0.1, -0.05) is 29.3 Å². The summed E-state index contributed by atoms with van der Waals surface area (Å²) in [4.78, 5) is 11.8. The zero-order valence-corrected chi connectivity index (χ0v) is 10.7. The Morgan fingerprint density at radius 3 is 2.24 bits per heavy atom. The van der Waals surface area contributed by atoms with Crippen LogP contribution in [0.15, 0.2) is 18.2 Å². The number of primary amides is 1. The third-order valence-electron chi connectivity index (χ3n) is 3.36. The number of amides is 1. The first-order valence-corrected chi connectivity index (χ1v) is 6.08. The van der Waals surface area contributed by atoms with Gasteiger partial charge in [-0.2, -0.15) is 0 Å². The van der Waals surface area contributed by atoms with Crippen molar-refractivity contribution in [1.29, 1.82) is 0 Å². The van der Waals surface area contributed by atoms with Crippen molar-refractivity contribution >= 4 is 5.91 Å². The third-order valence-corrected chi connectivity index (χ3v) is 3.36. The Kier molecular flexibility index (Phi) is 2.96. The van der Waals surface area contributed by atoms with Gasteiger partial charge in [0, 0.05) is 6.04 Å². The molecule has 3 heteroatoms. The summed E-state index contributed by atoms with van der Waals surface area (Å²) in [6.07, 6.45) is 2.27. The molecule has 0 spiro atoms. The molecule has 1 saturated carbocycles. The molecule has 1 aliphatic rings. The standard InChI is InChI=1S/C14H20N2O/c1-9-6-10(2)8-11(7-9)14(3,13(15)17)16-12-4-5-12/h6-8,12,16H,4-5H2,1-3H3,(H2,15,17). The number of nitrogens with two attached hydrogens (primary N) is 1. The SMILES string of the molecule is Cc1cc(C)cc(C(C)(NC2CC2)C(N)=O)c1. The number of aryl methyl sites for hydroxylation is 2. The lowest BCUT2D eigenvalue weighted by molar-refractivity contribution is -0.124. The van der Waals surface area contributed by atoms with E-state index >= 15 is 0 Å². The fourth-order valence-corrected chi connectivity index (χ4v) is 2.20. The van der Waals surface area contributed by atoms with E-state index in [1.54, 1.807) is 0 Å². The summed E-state index contributed by atoms with van der Waals surface area (Å²) in [5.41, 5.74) is 8.11. The highest BCUT2D eigenvalue weighted by Crippen LogP contribution is 2.29. The van der Waals surface area contributed by atoms with Gasteiger partial charge in [0.1, 0.15) is 5.54 Å². The molecule has 3 N–H and O–H groups in total. The van der Waals surface area contributed by atoms with Crippen molar-refractivity contribution in [2.24, 2.45) is 5.73 Å². The highest BCUT2D eigenvalue weighted by Gasteiger charge is 2.38. The molecule has 0 radical (unpaired) electrons. The third kappa shape index (κ3) is 2.50. The molecule has 1 aromatic rings. The summed E-state index contributed by atoms with van der Waals surface area (Å²) >= 11 is 0. The molecule has 3 nitrogen and oxygen atoms in total. The van der Waals surface area contributed by atoms with E-state index in [0.29, 0.717) is 6.04 Å². The van der Waals surface area contributed by atoms with Crippen molar-refractivity contribution in [3.63, 3.8) is 0 Å². The zero-order valence-electron chi connectivity index (χ0n) is 10.7. The molecule has 1 aromatic carbocycles. The summed E-state index contributed by atoms with van der Waals surface area (Å²) in [6, 6.07) is 6.61. The first-order chi connectivity index (χ1) is 7.91. The van der Waals surface area contributed by atoms with Crippen LogP contribution in [0.5, 0.6) is 0 Å². The van der Waals surface area contributed by atoms with Gasteiger partial charge in [-0.25, -0.2) is 0 Å². The van der Waals surface area contributed by atoms with Crippen LogP contribution < -0.4 is 11.1 Å². The molecular weight excluding hydrogens is 212 g/mol. The summed E-state index contributed by atoms with van der Waals surface area (Å²) in [7, 11) is 0. The van der Waals surface area contributed by atoms with Crippen LogP contribution >= 0.6 is 0 Å². The van der Waals surface area contributed by atoms with E-state index in [0.717, 1.165) is 29.5 Å². The fraction of sp³-hybridized carbons (Fsp3) is 0.500. The molecule has 1 unspecified atom stereocenters. The maximum absolute atomic E-state index is 11.8.